The molecule has 7 heteroatoms. The van der Waals surface area contributed by atoms with Crippen LogP contribution in [-0.4, -0.2) is 32.6 Å². The lowest BCUT2D eigenvalue weighted by molar-refractivity contribution is -0.122. The number of aromatic nitrogens is 4. The van der Waals surface area contributed by atoms with E-state index in [0.29, 0.717) is 11.5 Å². The Kier molecular flexibility index (Phi) is 5.43. The Hall–Kier alpha value is -3.74. The number of rotatable bonds is 6. The maximum atomic E-state index is 12.6. The number of carbonyl (C=O) groups excluding carboxylic acids is 1. The van der Waals surface area contributed by atoms with Gasteiger partial charge in [0.15, 0.2) is 11.5 Å². The van der Waals surface area contributed by atoms with E-state index in [1.807, 2.05) is 74.5 Å². The van der Waals surface area contributed by atoms with Gasteiger partial charge in [0.1, 0.15) is 12.1 Å². The molecular weight excluding hydrogens is 378 g/mol. The van der Waals surface area contributed by atoms with Crippen molar-refractivity contribution in [1.82, 2.24) is 24.9 Å². The van der Waals surface area contributed by atoms with Crippen molar-refractivity contribution in [3.8, 4) is 17.0 Å². The van der Waals surface area contributed by atoms with E-state index in [1.165, 1.54) is 0 Å². The maximum absolute atomic E-state index is 12.6. The van der Waals surface area contributed by atoms with Crippen LogP contribution in [0.4, 0.5) is 0 Å². The number of hydrogen-bond donors (Lipinski definition) is 1. The van der Waals surface area contributed by atoms with Crippen LogP contribution in [0.5, 0.6) is 5.75 Å². The molecule has 0 radical (unpaired) electrons. The Morgan fingerprint density at radius 1 is 1.07 bits per heavy atom. The van der Waals surface area contributed by atoms with Gasteiger partial charge in [0.2, 0.25) is 5.91 Å². The molecule has 1 amide bonds. The van der Waals surface area contributed by atoms with E-state index in [-0.39, 0.29) is 17.9 Å². The van der Waals surface area contributed by atoms with Crippen molar-refractivity contribution in [1.29, 1.82) is 0 Å². The molecule has 1 N–H and O–H groups in total. The molecule has 4 rings (SSSR count). The van der Waals surface area contributed by atoms with Crippen molar-refractivity contribution in [2.24, 2.45) is 0 Å². The SMILES string of the molecule is COc1ccc(-c2cc3nc([C@@H](C)NC(=O)C(C)c4ccccc4)nn3cn2)cc1. The molecular formula is C23H23N5O2. The summed E-state index contributed by atoms with van der Waals surface area (Å²) in [5.41, 5.74) is 3.39. The van der Waals surface area contributed by atoms with Crippen LogP contribution in [0.15, 0.2) is 67.0 Å². The van der Waals surface area contributed by atoms with E-state index in [2.05, 4.69) is 20.4 Å². The highest BCUT2D eigenvalue weighted by Gasteiger charge is 2.20. The van der Waals surface area contributed by atoms with Gasteiger partial charge >= 0.3 is 0 Å². The molecule has 7 nitrogen and oxygen atoms in total. The first-order chi connectivity index (χ1) is 14.5. The monoisotopic (exact) mass is 401 g/mol. The number of amides is 1. The second-order valence-corrected chi connectivity index (χ2v) is 7.14. The first-order valence-corrected chi connectivity index (χ1v) is 9.77. The highest BCUT2D eigenvalue weighted by Crippen LogP contribution is 2.22. The Balaban J connectivity index is 1.52. The number of benzene rings is 2. The number of ether oxygens (including phenoxy) is 1. The Bertz CT molecular complexity index is 1160. The number of methoxy groups -OCH3 is 1. The molecule has 0 aliphatic carbocycles. The normalized spacial score (nSPS) is 13.0. The predicted octanol–water partition coefficient (Wildman–Crippen LogP) is 3.78. The quantitative estimate of drug-likeness (QED) is 0.532. The molecule has 0 saturated heterocycles. The van der Waals surface area contributed by atoms with Gasteiger partial charge < -0.3 is 10.1 Å². The highest BCUT2D eigenvalue weighted by atomic mass is 16.5. The molecule has 2 atom stereocenters. The third kappa shape index (κ3) is 4.00. The number of nitrogens with zero attached hydrogens (tertiary/aromatic N) is 4. The standard InChI is InChI=1S/C23H23N5O2/c1-15(17-7-5-4-6-8-17)23(29)25-16(2)22-26-21-13-20(24-14-28(21)27-22)18-9-11-19(30-3)12-10-18/h4-16H,1-3H3,(H,25,29)/t15?,16-/m1/s1. The van der Waals surface area contributed by atoms with Crippen molar-refractivity contribution in [2.45, 2.75) is 25.8 Å². The zero-order chi connectivity index (χ0) is 21.1. The van der Waals surface area contributed by atoms with E-state index in [0.717, 1.165) is 22.6 Å². The first-order valence-electron chi connectivity index (χ1n) is 9.77. The molecule has 0 saturated carbocycles. The molecule has 2 heterocycles. The summed E-state index contributed by atoms with van der Waals surface area (Å²) in [4.78, 5) is 21.7. The van der Waals surface area contributed by atoms with Gasteiger partial charge in [-0.15, -0.1) is 5.10 Å². The summed E-state index contributed by atoms with van der Waals surface area (Å²) in [6.45, 7) is 3.77. The smallest absolute Gasteiger partial charge is 0.227 e. The summed E-state index contributed by atoms with van der Waals surface area (Å²) in [7, 11) is 1.64. The van der Waals surface area contributed by atoms with Crippen LogP contribution in [0, 0.1) is 0 Å². The Morgan fingerprint density at radius 3 is 2.50 bits per heavy atom. The average molecular weight is 401 g/mol. The lowest BCUT2D eigenvalue weighted by Crippen LogP contribution is -2.31. The zero-order valence-corrected chi connectivity index (χ0v) is 17.1. The summed E-state index contributed by atoms with van der Waals surface area (Å²) in [5.74, 6) is 1.01. The molecule has 0 spiro atoms. The second kappa shape index (κ2) is 8.32. The van der Waals surface area contributed by atoms with Gasteiger partial charge in [-0.25, -0.2) is 14.5 Å². The zero-order valence-electron chi connectivity index (χ0n) is 17.1. The van der Waals surface area contributed by atoms with Crippen LogP contribution in [-0.2, 0) is 4.79 Å². The summed E-state index contributed by atoms with van der Waals surface area (Å²) >= 11 is 0. The molecule has 152 valence electrons. The number of fused-ring (bicyclic) bond motifs is 1. The lowest BCUT2D eigenvalue weighted by Gasteiger charge is -2.15. The predicted molar refractivity (Wildman–Crippen MR) is 114 cm³/mol. The number of hydrogen-bond acceptors (Lipinski definition) is 5. The summed E-state index contributed by atoms with van der Waals surface area (Å²) < 4.78 is 6.82. The van der Waals surface area contributed by atoms with Gasteiger partial charge in [-0.1, -0.05) is 30.3 Å². The van der Waals surface area contributed by atoms with Gasteiger partial charge in [-0.2, -0.15) is 0 Å². The van der Waals surface area contributed by atoms with E-state index >= 15 is 0 Å². The number of carbonyl (C=O) groups is 1. The Labute approximate surface area is 174 Å². The van der Waals surface area contributed by atoms with Gasteiger partial charge in [-0.3, -0.25) is 4.79 Å². The molecule has 30 heavy (non-hydrogen) atoms. The minimum Gasteiger partial charge on any atom is -0.497 e. The lowest BCUT2D eigenvalue weighted by atomic mass is 10.0. The maximum Gasteiger partial charge on any atom is 0.227 e. The molecule has 2 aromatic heterocycles. The van der Waals surface area contributed by atoms with Crippen molar-refractivity contribution in [3.63, 3.8) is 0 Å². The average Bonchev–Trinajstić information content (AvgIpc) is 3.23. The van der Waals surface area contributed by atoms with E-state index in [1.54, 1.807) is 18.0 Å². The van der Waals surface area contributed by atoms with E-state index < -0.39 is 0 Å². The fourth-order valence-electron chi connectivity index (χ4n) is 3.21. The van der Waals surface area contributed by atoms with Crippen molar-refractivity contribution in [3.05, 3.63) is 78.4 Å². The highest BCUT2D eigenvalue weighted by molar-refractivity contribution is 5.83. The molecule has 0 fully saturated rings. The fourth-order valence-corrected chi connectivity index (χ4v) is 3.21. The van der Waals surface area contributed by atoms with Crippen molar-refractivity contribution >= 4 is 11.6 Å². The van der Waals surface area contributed by atoms with E-state index in [4.69, 9.17) is 4.74 Å². The van der Waals surface area contributed by atoms with Crippen molar-refractivity contribution < 1.29 is 9.53 Å². The third-order valence-electron chi connectivity index (χ3n) is 5.07. The van der Waals surface area contributed by atoms with Crippen molar-refractivity contribution in [2.75, 3.05) is 7.11 Å². The first kappa shape index (κ1) is 19.6. The van der Waals surface area contributed by atoms with Gasteiger partial charge in [0.05, 0.1) is 24.8 Å². The second-order valence-electron chi connectivity index (χ2n) is 7.14. The minimum atomic E-state index is -0.326. The fraction of sp³-hybridized carbons (Fsp3) is 0.217. The third-order valence-corrected chi connectivity index (χ3v) is 5.07. The van der Waals surface area contributed by atoms with Gasteiger partial charge in [0, 0.05) is 11.6 Å². The van der Waals surface area contributed by atoms with Crippen LogP contribution in [0.3, 0.4) is 0 Å². The molecule has 4 aromatic rings. The summed E-state index contributed by atoms with van der Waals surface area (Å²) in [5, 5.41) is 7.47. The molecule has 0 aliphatic heterocycles. The topological polar surface area (TPSA) is 81.4 Å². The van der Waals surface area contributed by atoms with Gasteiger partial charge in [0.25, 0.3) is 0 Å². The summed E-state index contributed by atoms with van der Waals surface area (Å²) in [6.07, 6.45) is 1.63. The molecule has 0 aliphatic rings. The number of nitrogens with one attached hydrogen (secondary N) is 1. The van der Waals surface area contributed by atoms with Crippen LogP contribution < -0.4 is 10.1 Å². The summed E-state index contributed by atoms with van der Waals surface area (Å²) in [6, 6.07) is 18.9. The van der Waals surface area contributed by atoms with Crippen LogP contribution in [0.1, 0.15) is 37.2 Å². The Morgan fingerprint density at radius 2 is 1.80 bits per heavy atom. The molecule has 2 aromatic carbocycles. The molecule has 1 unspecified atom stereocenters. The van der Waals surface area contributed by atoms with Crippen LogP contribution >= 0.6 is 0 Å². The largest absolute Gasteiger partial charge is 0.497 e. The minimum absolute atomic E-state index is 0.0652. The molecule has 0 bridgehead atoms. The van der Waals surface area contributed by atoms with Crippen LogP contribution in [0.2, 0.25) is 0 Å². The van der Waals surface area contributed by atoms with Gasteiger partial charge in [-0.05, 0) is 43.7 Å². The van der Waals surface area contributed by atoms with E-state index in [9.17, 15) is 4.79 Å². The van der Waals surface area contributed by atoms with Crippen LogP contribution in [0.25, 0.3) is 16.9 Å².